The van der Waals surface area contributed by atoms with Crippen molar-refractivity contribution in [1.82, 2.24) is 4.90 Å². The monoisotopic (exact) mass is 1060 g/mol. The summed E-state index contributed by atoms with van der Waals surface area (Å²) in [4.78, 5) is 30.7. The molecule has 0 aliphatic carbocycles. The molecule has 0 saturated carbocycles. The molecule has 3 aromatic heterocycles. The summed E-state index contributed by atoms with van der Waals surface area (Å²) in [7, 11) is 0. The summed E-state index contributed by atoms with van der Waals surface area (Å²) in [5.41, 5.74) is 2.50. The Labute approximate surface area is 373 Å². The first-order valence-electron chi connectivity index (χ1n) is 22.0. The second kappa shape index (κ2) is 22.6. The molecular formula is C46H71Br2NO3S3Sn. The molecule has 4 nitrogen and oxygen atoms in total. The quantitative estimate of drug-likeness (QED) is 0.0744. The molecule has 2 aliphatic heterocycles. The Balaban J connectivity index is 0.000000293. The van der Waals surface area contributed by atoms with Gasteiger partial charge in [-0.3, -0.25) is 14.5 Å². The van der Waals surface area contributed by atoms with Gasteiger partial charge in [0.15, 0.2) is 0 Å². The Morgan fingerprint density at radius 1 is 0.714 bits per heavy atom. The summed E-state index contributed by atoms with van der Waals surface area (Å²) >= 11 is 9.84. The molecule has 0 spiro atoms. The zero-order valence-corrected chi connectivity index (χ0v) is 44.7. The number of fused-ring (bicyclic) bond motifs is 4. The predicted octanol–water partition coefficient (Wildman–Crippen LogP) is 16.4. The molecular weight excluding hydrogens is 989 g/mol. The number of nitrogens with zero attached hydrogens (tertiary/aromatic N) is 1. The van der Waals surface area contributed by atoms with Crippen molar-refractivity contribution in [2.24, 2.45) is 17.8 Å². The third-order valence-corrected chi connectivity index (χ3v) is 35.2. The van der Waals surface area contributed by atoms with Crippen LogP contribution in [-0.4, -0.2) is 41.6 Å². The fourth-order valence-corrected chi connectivity index (χ4v) is 33.0. The Kier molecular flexibility index (Phi) is 19.5. The minimum absolute atomic E-state index is 0.142. The van der Waals surface area contributed by atoms with Crippen LogP contribution >= 0.6 is 65.9 Å². The van der Waals surface area contributed by atoms with Crippen molar-refractivity contribution in [3.05, 3.63) is 41.3 Å². The summed E-state index contributed by atoms with van der Waals surface area (Å²) < 4.78 is 15.2. The van der Waals surface area contributed by atoms with Gasteiger partial charge in [-0.05, 0) is 44.2 Å². The molecule has 1 unspecified atom stereocenters. The van der Waals surface area contributed by atoms with Crippen LogP contribution < -0.4 is 7.63 Å². The van der Waals surface area contributed by atoms with Gasteiger partial charge in [0.05, 0.1) is 18.7 Å². The van der Waals surface area contributed by atoms with Crippen LogP contribution in [0.5, 0.6) is 5.75 Å². The number of rotatable bonds is 22. The number of imide groups is 1. The van der Waals surface area contributed by atoms with Crippen LogP contribution in [0.2, 0.25) is 13.3 Å². The van der Waals surface area contributed by atoms with Crippen LogP contribution in [0.3, 0.4) is 0 Å². The summed E-state index contributed by atoms with van der Waals surface area (Å²) in [5, 5.41) is 0. The molecule has 0 fully saturated rings. The van der Waals surface area contributed by atoms with Crippen LogP contribution in [0.1, 0.15) is 183 Å². The van der Waals surface area contributed by atoms with Crippen molar-refractivity contribution in [3.63, 3.8) is 0 Å². The van der Waals surface area contributed by atoms with Crippen LogP contribution in [0.25, 0.3) is 9.75 Å². The van der Waals surface area contributed by atoms with E-state index < -0.39 is 18.4 Å². The van der Waals surface area contributed by atoms with Gasteiger partial charge in [-0.1, -0.05) is 33.1 Å². The van der Waals surface area contributed by atoms with Crippen molar-refractivity contribution in [1.29, 1.82) is 0 Å². The summed E-state index contributed by atoms with van der Waals surface area (Å²) in [6.45, 7) is 23.8. The number of thiophene rings is 3. The van der Waals surface area contributed by atoms with E-state index in [0.29, 0.717) is 35.4 Å². The molecule has 2 amide bonds. The maximum absolute atomic E-state index is 12.4. The standard InChI is InChI=1S/C20H27OS2.C14H17Br2NO2S.3C4H9.Sn/c1-13(2)6-9-20(10-7-14(3)4)16-8-11-22-18(16)19-17(21-20)12-15(5)23-19;1-3-5-6-8(4-2)7-17-13(18)9-10(14(17)19)12(16)20-11(9)15;3*1-3-4-2;/h8,12-14H,6-7,9-10H2,1-5H3;8H,3-7H2,1-2H3;3*1,3-4H2,2H3;. The SMILES string of the molecule is CCCCC(CC)CN1C(=O)c2c(Br)sc(Br)c2C1=O.CCC[CH2][Sn]([CH2]CCC)([CH2]CCC)[c]1cc2c(s1)-c1sc(C)cc1OC2(CCC(C)C)CCC(C)C. The number of hydrogen-bond acceptors (Lipinski definition) is 6. The van der Waals surface area contributed by atoms with Crippen molar-refractivity contribution in [2.45, 2.75) is 178 Å². The number of carbonyl (C=O) groups excluding carboxylic acids is 2. The molecule has 5 heterocycles. The predicted molar refractivity (Wildman–Crippen MR) is 256 cm³/mol. The van der Waals surface area contributed by atoms with Crippen LogP contribution in [0.4, 0.5) is 0 Å². The Hall–Kier alpha value is -0.201. The average Bonchev–Trinajstić information content (AvgIpc) is 3.91. The van der Waals surface area contributed by atoms with Crippen molar-refractivity contribution in [3.8, 4) is 15.5 Å². The van der Waals surface area contributed by atoms with Crippen LogP contribution in [0, 0.1) is 24.7 Å². The fraction of sp³-hybridized carbons (Fsp3) is 0.696. The molecule has 1 atom stereocenters. The Morgan fingerprint density at radius 2 is 1.23 bits per heavy atom. The zero-order chi connectivity index (χ0) is 41.2. The van der Waals surface area contributed by atoms with E-state index in [2.05, 4.69) is 125 Å². The fourth-order valence-electron chi connectivity index (χ4n) is 8.44. The van der Waals surface area contributed by atoms with Gasteiger partial charge in [-0.25, -0.2) is 0 Å². The summed E-state index contributed by atoms with van der Waals surface area (Å²) in [6.07, 6.45) is 17.4. The number of halogens is 2. The van der Waals surface area contributed by atoms with E-state index in [-0.39, 0.29) is 17.4 Å². The Bertz CT molecular complexity index is 1660. The van der Waals surface area contributed by atoms with E-state index in [1.54, 1.807) is 23.8 Å². The number of hydrogen-bond donors (Lipinski definition) is 0. The van der Waals surface area contributed by atoms with Gasteiger partial charge in [0, 0.05) is 6.54 Å². The van der Waals surface area contributed by atoms with Gasteiger partial charge in [-0.15, -0.1) is 11.3 Å². The molecule has 0 radical (unpaired) electrons. The van der Waals surface area contributed by atoms with E-state index in [1.807, 2.05) is 14.2 Å². The Morgan fingerprint density at radius 3 is 1.70 bits per heavy atom. The van der Waals surface area contributed by atoms with Crippen molar-refractivity contribution < 1.29 is 14.3 Å². The van der Waals surface area contributed by atoms with Gasteiger partial charge < -0.3 is 0 Å². The third kappa shape index (κ3) is 11.6. The zero-order valence-electron chi connectivity index (χ0n) is 36.3. The number of ether oxygens (including phenoxy) is 1. The van der Waals surface area contributed by atoms with E-state index in [0.717, 1.165) is 46.1 Å². The molecule has 0 saturated heterocycles. The van der Waals surface area contributed by atoms with Crippen molar-refractivity contribution >= 4 is 99.0 Å². The van der Waals surface area contributed by atoms with Crippen LogP contribution in [0.15, 0.2) is 19.7 Å². The number of amides is 2. The van der Waals surface area contributed by atoms with Gasteiger partial charge in [0.1, 0.15) is 0 Å². The van der Waals surface area contributed by atoms with Crippen molar-refractivity contribution in [2.75, 3.05) is 6.54 Å². The number of unbranched alkanes of at least 4 members (excludes halogenated alkanes) is 4. The maximum atomic E-state index is 12.4. The molecule has 10 heteroatoms. The molecule has 2 aliphatic rings. The van der Waals surface area contributed by atoms with Gasteiger partial charge in [-0.2, -0.15) is 0 Å². The van der Waals surface area contributed by atoms with Crippen LogP contribution in [-0.2, 0) is 5.60 Å². The molecule has 314 valence electrons. The van der Waals surface area contributed by atoms with Gasteiger partial charge >= 0.3 is 237 Å². The number of aryl methyl sites for hydroxylation is 1. The number of carbonyl (C=O) groups is 2. The average molecular weight is 1060 g/mol. The van der Waals surface area contributed by atoms with E-state index in [4.69, 9.17) is 4.74 Å². The second-order valence-electron chi connectivity index (χ2n) is 17.5. The molecule has 0 aromatic carbocycles. The molecule has 5 rings (SSSR count). The van der Waals surface area contributed by atoms with Gasteiger partial charge in [0.2, 0.25) is 0 Å². The molecule has 0 N–H and O–H groups in total. The normalized spacial score (nSPS) is 15.2. The minimum atomic E-state index is -2.51. The molecule has 56 heavy (non-hydrogen) atoms. The first-order valence-corrected chi connectivity index (χ1v) is 33.5. The summed E-state index contributed by atoms with van der Waals surface area (Å²) in [6, 6.07) is 5.11. The molecule has 0 bridgehead atoms. The first kappa shape index (κ1) is 48.5. The summed E-state index contributed by atoms with van der Waals surface area (Å²) in [5.74, 6) is 2.67. The van der Waals surface area contributed by atoms with E-state index >= 15 is 0 Å². The van der Waals surface area contributed by atoms with E-state index in [1.165, 1.54) is 83.1 Å². The topological polar surface area (TPSA) is 46.6 Å². The first-order chi connectivity index (χ1) is 26.7. The second-order valence-corrected chi connectivity index (χ2v) is 37.6. The third-order valence-electron chi connectivity index (χ3n) is 12.1. The van der Waals surface area contributed by atoms with Gasteiger partial charge in [0.25, 0.3) is 11.8 Å². The molecule has 3 aromatic rings. The van der Waals surface area contributed by atoms with E-state index in [9.17, 15) is 9.59 Å².